The Bertz CT molecular complexity index is 368. The summed E-state index contributed by atoms with van der Waals surface area (Å²) in [6.45, 7) is 2.17. The number of hydrogen-bond acceptors (Lipinski definition) is 4. The lowest BCUT2D eigenvalue weighted by Gasteiger charge is -2.12. The van der Waals surface area contributed by atoms with Gasteiger partial charge in [-0.3, -0.25) is 9.35 Å². The van der Waals surface area contributed by atoms with E-state index in [9.17, 15) is 13.2 Å². The summed E-state index contributed by atoms with van der Waals surface area (Å²) in [4.78, 5) is 11.8. The third-order valence-electron chi connectivity index (χ3n) is 3.63. The number of carbonyl (C=O) groups is 1. The first kappa shape index (κ1) is 20.5. The van der Waals surface area contributed by atoms with E-state index in [1.807, 2.05) is 0 Å². The first-order valence-electron chi connectivity index (χ1n) is 8.07. The highest BCUT2D eigenvalue weighted by Crippen LogP contribution is 2.12. The highest BCUT2D eigenvalue weighted by molar-refractivity contribution is 7.87. The van der Waals surface area contributed by atoms with Crippen molar-refractivity contribution in [2.45, 2.75) is 76.4 Å². The van der Waals surface area contributed by atoms with E-state index in [4.69, 9.17) is 4.55 Å². The van der Waals surface area contributed by atoms with Gasteiger partial charge >= 0.3 is 0 Å². The average molecular weight is 321 g/mol. The Morgan fingerprint density at radius 1 is 1.00 bits per heavy atom. The van der Waals surface area contributed by atoms with Crippen molar-refractivity contribution < 1.29 is 17.8 Å². The van der Waals surface area contributed by atoms with Crippen molar-refractivity contribution >= 4 is 15.9 Å². The summed E-state index contributed by atoms with van der Waals surface area (Å²) < 4.78 is 31.3. The van der Waals surface area contributed by atoms with Gasteiger partial charge in [0, 0.05) is 13.0 Å². The topological polar surface area (TPSA) is 83.5 Å². The second kappa shape index (κ2) is 12.1. The summed E-state index contributed by atoms with van der Waals surface area (Å²) >= 11 is 0. The largest absolute Gasteiger partial charge is 0.318 e. The van der Waals surface area contributed by atoms with Gasteiger partial charge in [0.2, 0.25) is 0 Å². The van der Waals surface area contributed by atoms with E-state index in [0.717, 1.165) is 12.8 Å². The lowest BCUT2D eigenvalue weighted by atomic mass is 10.0. The standard InChI is InChI=1S/C15H31NO4S/c1-3-4-5-6-7-8-9-10-11-12-14(17)15(13-16-2)21(18,19)20/h15-16H,3-13H2,1-2H3,(H,18,19,20). The van der Waals surface area contributed by atoms with E-state index in [1.54, 1.807) is 7.05 Å². The third kappa shape index (κ3) is 10.8. The number of hydrogen-bond donors (Lipinski definition) is 2. The molecule has 0 aromatic heterocycles. The number of nitrogens with one attached hydrogen (secondary N) is 1. The number of rotatable bonds is 14. The third-order valence-corrected chi connectivity index (χ3v) is 4.78. The SMILES string of the molecule is CCCCCCCCCCCC(=O)C(CNC)S(=O)(=O)O. The molecule has 0 heterocycles. The molecule has 21 heavy (non-hydrogen) atoms. The van der Waals surface area contributed by atoms with Crippen LogP contribution in [0, 0.1) is 0 Å². The Hall–Kier alpha value is -0.460. The first-order chi connectivity index (χ1) is 9.93. The molecular formula is C15H31NO4S. The Labute approximate surface area is 129 Å². The second-order valence-corrected chi connectivity index (χ2v) is 7.21. The second-order valence-electron chi connectivity index (χ2n) is 5.61. The lowest BCUT2D eigenvalue weighted by molar-refractivity contribution is -0.118. The molecule has 0 radical (unpaired) electrons. The van der Waals surface area contributed by atoms with E-state index < -0.39 is 21.2 Å². The number of ketones is 1. The van der Waals surface area contributed by atoms with Crippen LogP contribution in [0.5, 0.6) is 0 Å². The quantitative estimate of drug-likeness (QED) is 0.379. The molecule has 0 aliphatic rings. The van der Waals surface area contributed by atoms with Gasteiger partial charge in [0.05, 0.1) is 0 Å². The molecule has 0 aromatic carbocycles. The van der Waals surface area contributed by atoms with Gasteiger partial charge in [0.25, 0.3) is 10.1 Å². The Morgan fingerprint density at radius 2 is 1.48 bits per heavy atom. The summed E-state index contributed by atoms with van der Waals surface area (Å²) in [6, 6.07) is 0. The molecular weight excluding hydrogens is 290 g/mol. The predicted octanol–water partition coefficient (Wildman–Crippen LogP) is 2.95. The number of Topliss-reactive ketones (excluding diaryl/α,β-unsaturated/α-hetero) is 1. The van der Waals surface area contributed by atoms with Crippen molar-refractivity contribution in [2.24, 2.45) is 0 Å². The van der Waals surface area contributed by atoms with Crippen LogP contribution in [0.15, 0.2) is 0 Å². The van der Waals surface area contributed by atoms with Gasteiger partial charge in [0.15, 0.2) is 11.0 Å². The summed E-state index contributed by atoms with van der Waals surface area (Å²) in [5, 5.41) is 1.31. The van der Waals surface area contributed by atoms with Crippen molar-refractivity contribution in [1.82, 2.24) is 5.32 Å². The average Bonchev–Trinajstić information content (AvgIpc) is 2.41. The number of carbonyl (C=O) groups excluding carboxylic acids is 1. The van der Waals surface area contributed by atoms with Crippen LogP contribution >= 0.6 is 0 Å². The molecule has 0 aliphatic carbocycles. The molecule has 0 fully saturated rings. The van der Waals surface area contributed by atoms with E-state index in [-0.39, 0.29) is 13.0 Å². The lowest BCUT2D eigenvalue weighted by Crippen LogP contribution is -2.38. The monoisotopic (exact) mass is 321 g/mol. The highest BCUT2D eigenvalue weighted by Gasteiger charge is 2.29. The zero-order chi connectivity index (χ0) is 16.1. The fourth-order valence-corrected chi connectivity index (χ4v) is 3.17. The van der Waals surface area contributed by atoms with Crippen LogP contribution in [0.25, 0.3) is 0 Å². The molecule has 0 saturated carbocycles. The molecule has 0 saturated heterocycles. The van der Waals surface area contributed by atoms with Crippen LogP contribution in [0.3, 0.4) is 0 Å². The fraction of sp³-hybridized carbons (Fsp3) is 0.933. The summed E-state index contributed by atoms with van der Waals surface area (Å²) in [5.74, 6) is -0.394. The maximum Gasteiger partial charge on any atom is 0.276 e. The van der Waals surface area contributed by atoms with E-state index in [2.05, 4.69) is 12.2 Å². The van der Waals surface area contributed by atoms with Crippen molar-refractivity contribution in [3.63, 3.8) is 0 Å². The molecule has 0 amide bonds. The predicted molar refractivity (Wildman–Crippen MR) is 86.1 cm³/mol. The molecule has 5 nitrogen and oxygen atoms in total. The molecule has 0 aliphatic heterocycles. The van der Waals surface area contributed by atoms with Gasteiger partial charge in [-0.2, -0.15) is 8.42 Å². The van der Waals surface area contributed by atoms with Crippen LogP contribution in [-0.4, -0.2) is 37.6 Å². The zero-order valence-electron chi connectivity index (χ0n) is 13.4. The fourth-order valence-electron chi connectivity index (χ4n) is 2.34. The van der Waals surface area contributed by atoms with Gasteiger partial charge in [-0.1, -0.05) is 58.3 Å². The minimum Gasteiger partial charge on any atom is -0.318 e. The molecule has 6 heteroatoms. The molecule has 0 rings (SSSR count). The van der Waals surface area contributed by atoms with Crippen LogP contribution < -0.4 is 5.32 Å². The maximum atomic E-state index is 11.8. The zero-order valence-corrected chi connectivity index (χ0v) is 14.3. The number of unbranched alkanes of at least 4 members (excludes halogenated alkanes) is 8. The summed E-state index contributed by atoms with van der Waals surface area (Å²) in [5.41, 5.74) is 0. The minimum absolute atomic E-state index is 0.0326. The normalized spacial score (nSPS) is 13.3. The van der Waals surface area contributed by atoms with Crippen LogP contribution in [0.2, 0.25) is 0 Å². The van der Waals surface area contributed by atoms with Crippen LogP contribution in [0.1, 0.15) is 71.1 Å². The van der Waals surface area contributed by atoms with Gasteiger partial charge in [-0.05, 0) is 13.5 Å². The first-order valence-corrected chi connectivity index (χ1v) is 9.57. The van der Waals surface area contributed by atoms with E-state index >= 15 is 0 Å². The van der Waals surface area contributed by atoms with Crippen molar-refractivity contribution in [3.8, 4) is 0 Å². The Morgan fingerprint density at radius 3 is 1.90 bits per heavy atom. The molecule has 1 unspecified atom stereocenters. The summed E-state index contributed by atoms with van der Waals surface area (Å²) in [7, 11) is -2.74. The van der Waals surface area contributed by atoms with Crippen molar-refractivity contribution in [3.05, 3.63) is 0 Å². The molecule has 0 bridgehead atoms. The van der Waals surface area contributed by atoms with Crippen LogP contribution in [-0.2, 0) is 14.9 Å². The molecule has 126 valence electrons. The van der Waals surface area contributed by atoms with E-state index in [1.165, 1.54) is 38.5 Å². The van der Waals surface area contributed by atoms with Gasteiger partial charge < -0.3 is 5.32 Å². The van der Waals surface area contributed by atoms with Crippen molar-refractivity contribution in [2.75, 3.05) is 13.6 Å². The Kier molecular flexibility index (Phi) is 11.9. The minimum atomic E-state index is -4.30. The van der Waals surface area contributed by atoms with Crippen molar-refractivity contribution in [1.29, 1.82) is 0 Å². The van der Waals surface area contributed by atoms with Gasteiger partial charge in [-0.25, -0.2) is 0 Å². The van der Waals surface area contributed by atoms with Gasteiger partial charge in [0.1, 0.15) is 0 Å². The Balaban J connectivity index is 3.73. The summed E-state index contributed by atoms with van der Waals surface area (Å²) in [6.07, 6.45) is 10.5. The molecule has 0 spiro atoms. The molecule has 2 N–H and O–H groups in total. The molecule has 0 aromatic rings. The van der Waals surface area contributed by atoms with E-state index in [0.29, 0.717) is 6.42 Å². The van der Waals surface area contributed by atoms with Gasteiger partial charge in [-0.15, -0.1) is 0 Å². The maximum absolute atomic E-state index is 11.8. The van der Waals surface area contributed by atoms with Crippen LogP contribution in [0.4, 0.5) is 0 Å². The highest BCUT2D eigenvalue weighted by atomic mass is 32.2. The molecule has 1 atom stereocenters. The smallest absolute Gasteiger partial charge is 0.276 e.